The molecule has 0 aromatic rings. The Balaban J connectivity index is 3.10. The van der Waals surface area contributed by atoms with Gasteiger partial charge >= 0.3 is 0 Å². The van der Waals surface area contributed by atoms with Crippen LogP contribution < -0.4 is 0 Å². The van der Waals surface area contributed by atoms with Gasteiger partial charge in [-0.3, -0.25) is 0 Å². The lowest BCUT2D eigenvalue weighted by Crippen LogP contribution is -2.29. The van der Waals surface area contributed by atoms with Crippen molar-refractivity contribution in [3.05, 3.63) is 35.7 Å². The maximum absolute atomic E-state index is 12.9. The van der Waals surface area contributed by atoms with Crippen LogP contribution in [0.4, 0.5) is 4.39 Å². The Morgan fingerprint density at radius 3 is 2.45 bits per heavy atom. The third kappa shape index (κ3) is 4.33. The van der Waals surface area contributed by atoms with E-state index in [4.69, 9.17) is 0 Å². The fourth-order valence-corrected chi connectivity index (χ4v) is 3.55. The second kappa shape index (κ2) is 7.24. The van der Waals surface area contributed by atoms with E-state index in [9.17, 15) is 4.39 Å². The summed E-state index contributed by atoms with van der Waals surface area (Å²) in [5.74, 6) is 1.01. The lowest BCUT2D eigenvalue weighted by Gasteiger charge is -2.42. The van der Waals surface area contributed by atoms with Gasteiger partial charge in [-0.2, -0.15) is 0 Å². The predicted octanol–water partition coefficient (Wildman–Crippen LogP) is 6.60. The SMILES string of the molecule is C=C(F)/C=C\C1=C(C)C(CC(C)C)CC(CC)(CC)C1. The van der Waals surface area contributed by atoms with E-state index < -0.39 is 0 Å². The Kier molecular flexibility index (Phi) is 6.23. The van der Waals surface area contributed by atoms with Crippen molar-refractivity contribution in [1.29, 1.82) is 0 Å². The average molecular weight is 278 g/mol. The Labute approximate surface area is 124 Å². The quantitative estimate of drug-likeness (QED) is 0.480. The Hall–Kier alpha value is -0.850. The van der Waals surface area contributed by atoms with Crippen LogP contribution in [-0.2, 0) is 0 Å². The molecule has 1 rings (SSSR count). The molecule has 0 fully saturated rings. The van der Waals surface area contributed by atoms with Crippen LogP contribution in [0.2, 0.25) is 0 Å². The van der Waals surface area contributed by atoms with Gasteiger partial charge in [0.2, 0.25) is 0 Å². The molecule has 1 unspecified atom stereocenters. The molecular weight excluding hydrogens is 247 g/mol. The van der Waals surface area contributed by atoms with Gasteiger partial charge in [0.1, 0.15) is 5.83 Å². The standard InChI is InChI=1S/C19H31F/c1-7-19(8-2)12-17(10-9-15(5)20)16(6)18(13-19)11-14(3)4/h9-10,14,18H,5,7-8,11-13H2,1-4,6H3/b10-9-. The zero-order valence-corrected chi connectivity index (χ0v) is 13.9. The molecule has 1 heteroatoms. The highest BCUT2D eigenvalue weighted by Gasteiger charge is 2.35. The molecule has 1 atom stereocenters. The van der Waals surface area contributed by atoms with Crippen LogP contribution in [0.25, 0.3) is 0 Å². The Morgan fingerprint density at radius 1 is 1.40 bits per heavy atom. The van der Waals surface area contributed by atoms with Gasteiger partial charge in [0, 0.05) is 0 Å². The minimum atomic E-state index is -0.352. The minimum absolute atomic E-state index is 0.352. The van der Waals surface area contributed by atoms with Crippen LogP contribution in [0.1, 0.15) is 66.7 Å². The van der Waals surface area contributed by atoms with E-state index in [1.165, 1.54) is 42.9 Å². The lowest BCUT2D eigenvalue weighted by molar-refractivity contribution is 0.178. The smallest absolute Gasteiger partial charge is 0.116 e. The van der Waals surface area contributed by atoms with Crippen molar-refractivity contribution in [2.75, 3.05) is 0 Å². The van der Waals surface area contributed by atoms with Gasteiger partial charge in [-0.1, -0.05) is 58.8 Å². The van der Waals surface area contributed by atoms with Gasteiger partial charge in [0.05, 0.1) is 0 Å². The number of rotatable bonds is 6. The lowest BCUT2D eigenvalue weighted by atomic mass is 9.63. The third-order valence-corrected chi connectivity index (χ3v) is 5.09. The molecule has 0 spiro atoms. The van der Waals surface area contributed by atoms with Crippen LogP contribution in [0.5, 0.6) is 0 Å². The summed E-state index contributed by atoms with van der Waals surface area (Å²) in [5.41, 5.74) is 3.20. The van der Waals surface area contributed by atoms with Crippen LogP contribution in [-0.4, -0.2) is 0 Å². The van der Waals surface area contributed by atoms with Crippen LogP contribution >= 0.6 is 0 Å². The molecule has 0 heterocycles. The molecule has 1 aliphatic carbocycles. The Bertz CT molecular complexity index is 394. The summed E-state index contributed by atoms with van der Waals surface area (Å²) in [5, 5.41) is 0. The summed E-state index contributed by atoms with van der Waals surface area (Å²) in [6.07, 6.45) is 9.51. The van der Waals surface area contributed by atoms with Crippen LogP contribution in [0.15, 0.2) is 35.7 Å². The van der Waals surface area contributed by atoms with E-state index in [-0.39, 0.29) is 5.83 Å². The molecule has 1 aliphatic rings. The van der Waals surface area contributed by atoms with Crippen molar-refractivity contribution in [1.82, 2.24) is 0 Å². The summed E-state index contributed by atoms with van der Waals surface area (Å²) < 4.78 is 12.9. The van der Waals surface area contributed by atoms with Gasteiger partial charge in [-0.05, 0) is 55.1 Å². The van der Waals surface area contributed by atoms with E-state index in [1.807, 2.05) is 6.08 Å². The van der Waals surface area contributed by atoms with Gasteiger partial charge in [-0.25, -0.2) is 4.39 Å². The predicted molar refractivity (Wildman–Crippen MR) is 87.3 cm³/mol. The van der Waals surface area contributed by atoms with Gasteiger partial charge < -0.3 is 0 Å². The van der Waals surface area contributed by atoms with Crippen LogP contribution in [0, 0.1) is 17.3 Å². The van der Waals surface area contributed by atoms with Crippen molar-refractivity contribution in [2.24, 2.45) is 17.3 Å². The summed E-state index contributed by atoms with van der Waals surface area (Å²) in [4.78, 5) is 0. The van der Waals surface area contributed by atoms with E-state index in [1.54, 1.807) is 0 Å². The first-order valence-electron chi connectivity index (χ1n) is 8.05. The molecule has 0 saturated carbocycles. The summed E-state index contributed by atoms with van der Waals surface area (Å²) in [6, 6.07) is 0. The van der Waals surface area contributed by atoms with Crippen molar-refractivity contribution < 1.29 is 4.39 Å². The molecule has 0 aromatic carbocycles. The fraction of sp³-hybridized carbons (Fsp3) is 0.684. The molecule has 0 N–H and O–H groups in total. The first kappa shape index (κ1) is 17.2. The van der Waals surface area contributed by atoms with Crippen molar-refractivity contribution in [3.63, 3.8) is 0 Å². The number of hydrogen-bond donors (Lipinski definition) is 0. The maximum Gasteiger partial charge on any atom is 0.116 e. The minimum Gasteiger partial charge on any atom is -0.208 e. The number of allylic oxidation sites excluding steroid dienone is 5. The van der Waals surface area contributed by atoms with Gasteiger partial charge in [0.25, 0.3) is 0 Å². The zero-order valence-electron chi connectivity index (χ0n) is 13.9. The second-order valence-electron chi connectivity index (χ2n) is 6.90. The van der Waals surface area contributed by atoms with E-state index in [0.717, 1.165) is 6.42 Å². The highest BCUT2D eigenvalue weighted by Crippen LogP contribution is 2.48. The molecule has 20 heavy (non-hydrogen) atoms. The highest BCUT2D eigenvalue weighted by molar-refractivity contribution is 5.33. The molecular formula is C19H31F. The summed E-state index contributed by atoms with van der Waals surface area (Å²) >= 11 is 0. The van der Waals surface area contributed by atoms with E-state index in [2.05, 4.69) is 41.2 Å². The molecule has 114 valence electrons. The van der Waals surface area contributed by atoms with Crippen LogP contribution in [0.3, 0.4) is 0 Å². The molecule has 0 amide bonds. The van der Waals surface area contributed by atoms with Crippen molar-refractivity contribution >= 4 is 0 Å². The molecule has 0 nitrogen and oxygen atoms in total. The van der Waals surface area contributed by atoms with E-state index in [0.29, 0.717) is 17.3 Å². The monoisotopic (exact) mass is 278 g/mol. The summed E-state index contributed by atoms with van der Waals surface area (Å²) in [6.45, 7) is 14.8. The fourth-order valence-electron chi connectivity index (χ4n) is 3.55. The topological polar surface area (TPSA) is 0 Å². The third-order valence-electron chi connectivity index (χ3n) is 5.09. The molecule has 0 radical (unpaired) electrons. The summed E-state index contributed by atoms with van der Waals surface area (Å²) in [7, 11) is 0. The van der Waals surface area contributed by atoms with Gasteiger partial charge in [0.15, 0.2) is 0 Å². The zero-order chi connectivity index (χ0) is 15.3. The number of halogens is 1. The first-order valence-corrected chi connectivity index (χ1v) is 8.05. The largest absolute Gasteiger partial charge is 0.208 e. The Morgan fingerprint density at radius 2 is 2.00 bits per heavy atom. The molecule has 0 saturated heterocycles. The highest BCUT2D eigenvalue weighted by atomic mass is 19.1. The molecule has 0 aliphatic heterocycles. The molecule has 0 bridgehead atoms. The average Bonchev–Trinajstić information content (AvgIpc) is 2.39. The van der Waals surface area contributed by atoms with Crippen molar-refractivity contribution in [3.8, 4) is 0 Å². The van der Waals surface area contributed by atoms with Crippen molar-refractivity contribution in [2.45, 2.75) is 66.7 Å². The normalized spacial score (nSPS) is 22.9. The van der Waals surface area contributed by atoms with E-state index >= 15 is 0 Å². The first-order chi connectivity index (χ1) is 9.33. The van der Waals surface area contributed by atoms with Gasteiger partial charge in [-0.15, -0.1) is 0 Å². The number of hydrogen-bond acceptors (Lipinski definition) is 0. The molecule has 0 aromatic heterocycles. The second-order valence-corrected chi connectivity index (χ2v) is 6.90. The maximum atomic E-state index is 12.9.